The Hall–Kier alpha value is -2.44. The Morgan fingerprint density at radius 2 is 2.26 bits per heavy atom. The van der Waals surface area contributed by atoms with E-state index in [0.717, 1.165) is 12.8 Å². The third-order valence-electron chi connectivity index (χ3n) is 2.72. The second-order valence-electron chi connectivity index (χ2n) is 4.08. The van der Waals surface area contributed by atoms with Crippen molar-refractivity contribution in [1.29, 1.82) is 0 Å². The van der Waals surface area contributed by atoms with Gasteiger partial charge in [0.15, 0.2) is 0 Å². The smallest absolute Gasteiger partial charge is 0.364 e. The monoisotopic (exact) mass is 262 g/mol. The molecule has 0 bridgehead atoms. The Morgan fingerprint density at radius 3 is 2.95 bits per heavy atom. The maximum atomic E-state index is 12.1. The van der Waals surface area contributed by atoms with Gasteiger partial charge in [-0.2, -0.15) is 0 Å². The predicted molar refractivity (Wildman–Crippen MR) is 71.5 cm³/mol. The zero-order valence-corrected chi connectivity index (χ0v) is 10.5. The third kappa shape index (κ3) is 2.54. The van der Waals surface area contributed by atoms with Gasteiger partial charge in [0.25, 0.3) is 0 Å². The number of nitrogens with one attached hydrogen (secondary N) is 1. The number of rotatable bonds is 5. The molecule has 2 heterocycles. The number of anilines is 1. The molecule has 0 fully saturated rings. The van der Waals surface area contributed by atoms with Crippen molar-refractivity contribution in [3.8, 4) is 0 Å². The van der Waals surface area contributed by atoms with Gasteiger partial charge < -0.3 is 5.32 Å². The van der Waals surface area contributed by atoms with Crippen LogP contribution in [0.25, 0.3) is 5.65 Å². The molecule has 0 radical (unpaired) electrons. The van der Waals surface area contributed by atoms with Crippen LogP contribution in [0.1, 0.15) is 19.8 Å². The summed E-state index contributed by atoms with van der Waals surface area (Å²) in [5.74, 6) is 0.0367. The van der Waals surface area contributed by atoms with Crippen LogP contribution in [0.4, 0.5) is 11.5 Å². The lowest BCUT2D eigenvalue weighted by Gasteiger charge is -2.07. The van der Waals surface area contributed by atoms with Crippen LogP contribution in [0.3, 0.4) is 0 Å². The molecule has 0 atom stereocenters. The Kier molecular flexibility index (Phi) is 3.74. The highest BCUT2D eigenvalue weighted by Crippen LogP contribution is 2.17. The molecule has 100 valence electrons. The van der Waals surface area contributed by atoms with Crippen molar-refractivity contribution < 1.29 is 4.92 Å². The van der Waals surface area contributed by atoms with Crippen LogP contribution in [-0.4, -0.2) is 20.9 Å². The molecule has 0 aliphatic heterocycles. The normalized spacial score (nSPS) is 10.6. The Bertz CT molecular complexity index is 666. The largest absolute Gasteiger partial charge is 0.376 e. The molecule has 2 rings (SSSR count). The maximum absolute atomic E-state index is 12.1. The average molecular weight is 262 g/mol. The average Bonchev–Trinajstić information content (AvgIpc) is 2.39. The molecule has 2 aromatic heterocycles. The molecule has 7 heteroatoms. The fourth-order valence-electron chi connectivity index (χ4n) is 1.75. The molecule has 7 nitrogen and oxygen atoms in total. The van der Waals surface area contributed by atoms with E-state index in [4.69, 9.17) is 0 Å². The highest BCUT2D eigenvalue weighted by Gasteiger charge is 2.22. The fourth-order valence-corrected chi connectivity index (χ4v) is 1.75. The molecular weight excluding hydrogens is 248 g/mol. The molecule has 0 saturated heterocycles. The highest BCUT2D eigenvalue weighted by atomic mass is 16.6. The van der Waals surface area contributed by atoms with E-state index in [-0.39, 0.29) is 5.82 Å². The van der Waals surface area contributed by atoms with E-state index in [9.17, 15) is 14.9 Å². The minimum absolute atomic E-state index is 0.0367. The van der Waals surface area contributed by atoms with Gasteiger partial charge in [-0.3, -0.25) is 19.3 Å². The first-order chi connectivity index (χ1) is 9.15. The summed E-state index contributed by atoms with van der Waals surface area (Å²) in [6.45, 7) is 2.56. The van der Waals surface area contributed by atoms with Crippen molar-refractivity contribution >= 4 is 17.2 Å². The van der Waals surface area contributed by atoms with E-state index in [1.165, 1.54) is 10.6 Å². The van der Waals surface area contributed by atoms with Crippen LogP contribution in [0, 0.1) is 10.1 Å². The van der Waals surface area contributed by atoms with E-state index >= 15 is 0 Å². The number of hydrogen-bond donors (Lipinski definition) is 1. The van der Waals surface area contributed by atoms with Gasteiger partial charge in [-0.1, -0.05) is 19.4 Å². The molecule has 1 N–H and O–H groups in total. The predicted octanol–water partition coefficient (Wildman–Crippen LogP) is 1.81. The van der Waals surface area contributed by atoms with E-state index in [2.05, 4.69) is 10.3 Å². The summed E-state index contributed by atoms with van der Waals surface area (Å²) in [5.41, 5.74) is -0.800. The summed E-state index contributed by atoms with van der Waals surface area (Å²) < 4.78 is 1.17. The molecule has 19 heavy (non-hydrogen) atoms. The first-order valence-electron chi connectivity index (χ1n) is 6.04. The zero-order valence-electron chi connectivity index (χ0n) is 10.5. The summed E-state index contributed by atoms with van der Waals surface area (Å²) in [4.78, 5) is 26.5. The molecule has 0 aromatic carbocycles. The number of unbranched alkanes of at least 4 members (excludes halogenated alkanes) is 1. The lowest BCUT2D eigenvalue weighted by atomic mass is 10.3. The second-order valence-corrected chi connectivity index (χ2v) is 4.08. The first-order valence-corrected chi connectivity index (χ1v) is 6.04. The fraction of sp³-hybridized carbons (Fsp3) is 0.333. The summed E-state index contributed by atoms with van der Waals surface area (Å²) in [6, 6.07) is 4.99. The van der Waals surface area contributed by atoms with Crippen molar-refractivity contribution in [2.45, 2.75) is 19.8 Å². The van der Waals surface area contributed by atoms with E-state index in [1.807, 2.05) is 6.92 Å². The lowest BCUT2D eigenvalue weighted by Crippen LogP contribution is -2.21. The molecule has 0 aliphatic carbocycles. The van der Waals surface area contributed by atoms with Gasteiger partial charge in [-0.15, -0.1) is 0 Å². The summed E-state index contributed by atoms with van der Waals surface area (Å²) >= 11 is 0. The number of aromatic nitrogens is 2. The van der Waals surface area contributed by atoms with Gasteiger partial charge in [-0.05, 0) is 18.6 Å². The molecule has 0 aliphatic rings. The van der Waals surface area contributed by atoms with Gasteiger partial charge >= 0.3 is 11.2 Å². The van der Waals surface area contributed by atoms with Crippen molar-refractivity contribution in [2.24, 2.45) is 0 Å². The van der Waals surface area contributed by atoms with Crippen LogP contribution in [0.2, 0.25) is 0 Å². The molecule has 0 saturated carbocycles. The van der Waals surface area contributed by atoms with E-state index in [0.29, 0.717) is 12.2 Å². The Labute approximate surface area is 109 Å². The van der Waals surface area contributed by atoms with Crippen molar-refractivity contribution in [3.63, 3.8) is 0 Å². The summed E-state index contributed by atoms with van der Waals surface area (Å²) in [7, 11) is 0. The van der Waals surface area contributed by atoms with Gasteiger partial charge in [0.1, 0.15) is 5.65 Å². The van der Waals surface area contributed by atoms with E-state index in [1.54, 1.807) is 18.2 Å². The summed E-state index contributed by atoms with van der Waals surface area (Å²) in [5, 5.41) is 13.9. The third-order valence-corrected chi connectivity index (χ3v) is 2.72. The second kappa shape index (κ2) is 5.47. The molecule has 0 unspecified atom stereocenters. The lowest BCUT2D eigenvalue weighted by molar-refractivity contribution is -0.385. The number of nitro groups is 1. The quantitative estimate of drug-likeness (QED) is 0.504. The Morgan fingerprint density at radius 1 is 1.47 bits per heavy atom. The summed E-state index contributed by atoms with van der Waals surface area (Å²) in [6.07, 6.45) is 3.27. The topological polar surface area (TPSA) is 89.5 Å². The number of nitrogens with zero attached hydrogens (tertiary/aromatic N) is 3. The molecule has 0 amide bonds. The van der Waals surface area contributed by atoms with Crippen molar-refractivity contribution in [3.05, 3.63) is 44.9 Å². The molecule has 0 spiro atoms. The Balaban J connectivity index is 2.57. The SMILES string of the molecule is CCCCNc1nc2ccccn2c(=O)c1[N+](=O)[O-]. The van der Waals surface area contributed by atoms with Crippen molar-refractivity contribution in [2.75, 3.05) is 11.9 Å². The minimum atomic E-state index is -0.691. The van der Waals surface area contributed by atoms with Gasteiger partial charge in [0.05, 0.1) is 4.92 Å². The van der Waals surface area contributed by atoms with Crippen LogP contribution in [0.5, 0.6) is 0 Å². The van der Waals surface area contributed by atoms with Crippen LogP contribution >= 0.6 is 0 Å². The van der Waals surface area contributed by atoms with Crippen LogP contribution in [0.15, 0.2) is 29.2 Å². The number of pyridine rings is 1. The van der Waals surface area contributed by atoms with Crippen LogP contribution < -0.4 is 10.9 Å². The standard InChI is InChI=1S/C12H14N4O3/c1-2-3-7-13-11-10(16(18)19)12(17)15-8-5-4-6-9(15)14-11/h4-6,8,13H,2-3,7H2,1H3. The first kappa shape index (κ1) is 13.0. The highest BCUT2D eigenvalue weighted by molar-refractivity contribution is 5.59. The van der Waals surface area contributed by atoms with Gasteiger partial charge in [0, 0.05) is 12.7 Å². The number of fused-ring (bicyclic) bond motifs is 1. The van der Waals surface area contributed by atoms with Gasteiger partial charge in [0.2, 0.25) is 5.82 Å². The van der Waals surface area contributed by atoms with Crippen LogP contribution in [-0.2, 0) is 0 Å². The number of hydrogen-bond acceptors (Lipinski definition) is 5. The zero-order chi connectivity index (χ0) is 13.8. The van der Waals surface area contributed by atoms with E-state index < -0.39 is 16.2 Å². The van der Waals surface area contributed by atoms with Gasteiger partial charge in [-0.25, -0.2) is 4.98 Å². The maximum Gasteiger partial charge on any atom is 0.376 e. The molecule has 2 aromatic rings. The molecular formula is C12H14N4O3. The van der Waals surface area contributed by atoms with Crippen molar-refractivity contribution in [1.82, 2.24) is 9.38 Å². The minimum Gasteiger partial charge on any atom is -0.364 e.